The first-order chi connectivity index (χ1) is 10.2. The van der Waals surface area contributed by atoms with Gasteiger partial charge in [-0.05, 0) is 18.2 Å². The second-order valence-corrected chi connectivity index (χ2v) is 4.08. The molecule has 0 radical (unpaired) electrons. The molecule has 0 aliphatic rings. The van der Waals surface area contributed by atoms with E-state index in [4.69, 9.17) is 5.11 Å². The zero-order chi connectivity index (χ0) is 15.1. The lowest BCUT2D eigenvalue weighted by atomic mass is 10.1. The van der Waals surface area contributed by atoms with Gasteiger partial charge in [-0.15, -0.1) is 0 Å². The highest BCUT2D eigenvalue weighted by Crippen LogP contribution is 2.10. The minimum atomic E-state index is -0.652. The molecule has 7 heteroatoms. The summed E-state index contributed by atoms with van der Waals surface area (Å²) in [6.07, 6.45) is 1.64. The van der Waals surface area contributed by atoms with Gasteiger partial charge >= 0.3 is 0 Å². The molecule has 1 heterocycles. The third kappa shape index (κ3) is 4.12. The van der Waals surface area contributed by atoms with Crippen LogP contribution in [0.3, 0.4) is 0 Å². The van der Waals surface area contributed by atoms with Crippen LogP contribution in [0.2, 0.25) is 0 Å². The molecule has 0 unspecified atom stereocenters. The van der Waals surface area contributed by atoms with Crippen molar-refractivity contribution in [3.8, 4) is 11.8 Å². The number of nitrogens with zero attached hydrogens (tertiary/aromatic N) is 2. The van der Waals surface area contributed by atoms with Crippen LogP contribution < -0.4 is 5.32 Å². The number of hydrogen-bond acceptors (Lipinski definition) is 4. The Labute approximate surface area is 120 Å². The van der Waals surface area contributed by atoms with E-state index in [2.05, 4.69) is 32.3 Å². The Hall–Kier alpha value is -2.72. The van der Waals surface area contributed by atoms with Crippen molar-refractivity contribution in [1.29, 1.82) is 0 Å². The predicted molar refractivity (Wildman–Crippen MR) is 72.5 cm³/mol. The number of H-pyrrole nitrogens is 1. The molecule has 0 bridgehead atoms. The van der Waals surface area contributed by atoms with Gasteiger partial charge in [-0.25, -0.2) is 9.37 Å². The van der Waals surface area contributed by atoms with E-state index in [0.717, 1.165) is 0 Å². The van der Waals surface area contributed by atoms with Crippen molar-refractivity contribution in [1.82, 2.24) is 20.5 Å². The zero-order valence-electron chi connectivity index (χ0n) is 11.1. The molecule has 0 atom stereocenters. The highest BCUT2D eigenvalue weighted by atomic mass is 19.1. The summed E-state index contributed by atoms with van der Waals surface area (Å²) >= 11 is 0. The van der Waals surface area contributed by atoms with E-state index in [9.17, 15) is 9.18 Å². The van der Waals surface area contributed by atoms with Gasteiger partial charge in [0.15, 0.2) is 0 Å². The van der Waals surface area contributed by atoms with Gasteiger partial charge in [0.1, 0.15) is 18.0 Å². The Morgan fingerprint density at radius 2 is 2.33 bits per heavy atom. The van der Waals surface area contributed by atoms with Crippen LogP contribution in [0.4, 0.5) is 4.39 Å². The number of aliphatic hydroxyl groups is 1. The van der Waals surface area contributed by atoms with Gasteiger partial charge in [-0.1, -0.05) is 11.8 Å². The third-order valence-corrected chi connectivity index (χ3v) is 2.56. The first-order valence-corrected chi connectivity index (χ1v) is 6.22. The van der Waals surface area contributed by atoms with E-state index in [1.165, 1.54) is 18.5 Å². The summed E-state index contributed by atoms with van der Waals surface area (Å²) in [5.74, 6) is 4.67. The van der Waals surface area contributed by atoms with Gasteiger partial charge in [-0.3, -0.25) is 9.89 Å². The fourth-order valence-electron chi connectivity index (χ4n) is 1.57. The number of halogens is 1. The van der Waals surface area contributed by atoms with Gasteiger partial charge in [-0.2, -0.15) is 5.10 Å². The van der Waals surface area contributed by atoms with Crippen molar-refractivity contribution in [3.05, 3.63) is 47.3 Å². The van der Waals surface area contributed by atoms with Crippen LogP contribution in [0.25, 0.3) is 0 Å². The molecule has 2 rings (SSSR count). The Kier molecular flexibility index (Phi) is 5.01. The van der Waals surface area contributed by atoms with Crippen molar-refractivity contribution >= 4 is 5.91 Å². The van der Waals surface area contributed by atoms with E-state index >= 15 is 0 Å². The average molecular weight is 288 g/mol. The number of aromatic amines is 1. The Balaban J connectivity index is 2.03. The monoisotopic (exact) mass is 288 g/mol. The molecule has 0 aliphatic carbocycles. The Morgan fingerprint density at radius 1 is 1.48 bits per heavy atom. The van der Waals surface area contributed by atoms with Crippen LogP contribution in [-0.2, 0) is 6.54 Å². The lowest BCUT2D eigenvalue weighted by Gasteiger charge is -2.04. The summed E-state index contributed by atoms with van der Waals surface area (Å²) in [6, 6.07) is 4.11. The minimum absolute atomic E-state index is 0.0440. The molecule has 0 saturated heterocycles. The molecule has 21 heavy (non-hydrogen) atoms. The minimum Gasteiger partial charge on any atom is -0.395 e. The van der Waals surface area contributed by atoms with Gasteiger partial charge in [0.25, 0.3) is 5.91 Å². The number of aromatic nitrogens is 3. The molecular weight excluding hydrogens is 275 g/mol. The van der Waals surface area contributed by atoms with Crippen LogP contribution in [0.15, 0.2) is 24.5 Å². The zero-order valence-corrected chi connectivity index (χ0v) is 11.1. The molecule has 1 amide bonds. The van der Waals surface area contributed by atoms with Crippen molar-refractivity contribution in [2.24, 2.45) is 0 Å². The highest BCUT2D eigenvalue weighted by Gasteiger charge is 2.12. The summed E-state index contributed by atoms with van der Waals surface area (Å²) in [5, 5.41) is 17.4. The van der Waals surface area contributed by atoms with Gasteiger partial charge < -0.3 is 10.4 Å². The van der Waals surface area contributed by atoms with Gasteiger partial charge in [0.05, 0.1) is 18.7 Å². The van der Waals surface area contributed by atoms with E-state index in [-0.39, 0.29) is 18.7 Å². The summed E-state index contributed by atoms with van der Waals surface area (Å²) in [6.45, 7) is 0.0912. The maximum atomic E-state index is 13.9. The van der Waals surface area contributed by atoms with Crippen molar-refractivity contribution < 1.29 is 14.3 Å². The number of carbonyl (C=O) groups excluding carboxylic acids is 1. The molecule has 6 nitrogen and oxygen atoms in total. The molecule has 0 fully saturated rings. The highest BCUT2D eigenvalue weighted by molar-refractivity contribution is 5.94. The van der Waals surface area contributed by atoms with Gasteiger partial charge in [0, 0.05) is 12.0 Å². The van der Waals surface area contributed by atoms with Crippen LogP contribution in [-0.4, -0.2) is 32.8 Å². The van der Waals surface area contributed by atoms with Crippen molar-refractivity contribution in [3.63, 3.8) is 0 Å². The average Bonchev–Trinajstić information content (AvgIpc) is 2.98. The standard InChI is InChI=1S/C14H13FN4O2/c15-12-7-10(3-1-2-6-20)4-5-11(12)14(21)16-8-13-17-9-18-19-13/h4-5,7,9,20H,2,6,8H2,(H,16,21)(H,17,18,19). The van der Waals surface area contributed by atoms with Crippen molar-refractivity contribution in [2.45, 2.75) is 13.0 Å². The lowest BCUT2D eigenvalue weighted by molar-refractivity contribution is 0.0946. The SMILES string of the molecule is O=C(NCc1ncn[nH]1)c1ccc(C#CCCO)cc1F. The largest absolute Gasteiger partial charge is 0.395 e. The topological polar surface area (TPSA) is 90.9 Å². The van der Waals surface area contributed by atoms with Crippen LogP contribution in [0, 0.1) is 17.7 Å². The maximum Gasteiger partial charge on any atom is 0.254 e. The quantitative estimate of drug-likeness (QED) is 0.719. The number of aliphatic hydroxyl groups excluding tert-OH is 1. The first-order valence-electron chi connectivity index (χ1n) is 6.22. The summed E-state index contributed by atoms with van der Waals surface area (Å²) in [7, 11) is 0. The smallest absolute Gasteiger partial charge is 0.254 e. The van der Waals surface area contributed by atoms with Crippen molar-refractivity contribution in [2.75, 3.05) is 6.61 Å². The normalized spacial score (nSPS) is 9.81. The molecular formula is C14H13FN4O2. The summed E-state index contributed by atoms with van der Waals surface area (Å²) in [4.78, 5) is 15.7. The third-order valence-electron chi connectivity index (χ3n) is 2.56. The molecule has 1 aromatic carbocycles. The number of nitrogens with one attached hydrogen (secondary N) is 2. The molecule has 2 aromatic rings. The summed E-state index contributed by atoms with van der Waals surface area (Å²) < 4.78 is 13.9. The molecule has 0 spiro atoms. The maximum absolute atomic E-state index is 13.9. The second-order valence-electron chi connectivity index (χ2n) is 4.08. The number of rotatable bonds is 4. The van der Waals surface area contributed by atoms with E-state index in [1.807, 2.05) is 0 Å². The molecule has 1 aromatic heterocycles. The number of amides is 1. The second kappa shape index (κ2) is 7.17. The molecule has 0 aliphatic heterocycles. The number of hydrogen-bond donors (Lipinski definition) is 3. The van der Waals surface area contributed by atoms with Crippen LogP contribution >= 0.6 is 0 Å². The predicted octanol–water partition coefficient (Wildman–Crippen LogP) is 0.608. The molecule has 108 valence electrons. The number of benzene rings is 1. The summed E-state index contributed by atoms with van der Waals surface area (Å²) in [5.41, 5.74) is 0.384. The molecule has 3 N–H and O–H groups in total. The van der Waals surface area contributed by atoms with E-state index in [1.54, 1.807) is 6.07 Å². The van der Waals surface area contributed by atoms with Gasteiger partial charge in [0.2, 0.25) is 0 Å². The number of carbonyl (C=O) groups is 1. The van der Waals surface area contributed by atoms with E-state index < -0.39 is 11.7 Å². The molecule has 0 saturated carbocycles. The van der Waals surface area contributed by atoms with E-state index in [0.29, 0.717) is 17.8 Å². The van der Waals surface area contributed by atoms with Crippen LogP contribution in [0.5, 0.6) is 0 Å². The first kappa shape index (κ1) is 14.7. The fraction of sp³-hybridized carbons (Fsp3) is 0.214. The Morgan fingerprint density at radius 3 is 3.00 bits per heavy atom. The van der Waals surface area contributed by atoms with Crippen LogP contribution in [0.1, 0.15) is 28.2 Å². The lowest BCUT2D eigenvalue weighted by Crippen LogP contribution is -2.24. The fourth-order valence-corrected chi connectivity index (χ4v) is 1.57. The Bertz CT molecular complexity index is 674.